The Labute approximate surface area is 136 Å². The van der Waals surface area contributed by atoms with Crippen LogP contribution in [0, 0.1) is 19.8 Å². The highest BCUT2D eigenvalue weighted by atomic mass is 16.3. The highest BCUT2D eigenvalue weighted by Gasteiger charge is 2.42. The van der Waals surface area contributed by atoms with Gasteiger partial charge in [0, 0.05) is 17.6 Å². The summed E-state index contributed by atoms with van der Waals surface area (Å²) >= 11 is 0. The van der Waals surface area contributed by atoms with Gasteiger partial charge in [0.15, 0.2) is 0 Å². The zero-order chi connectivity index (χ0) is 16.6. The van der Waals surface area contributed by atoms with E-state index >= 15 is 0 Å². The summed E-state index contributed by atoms with van der Waals surface area (Å²) in [5, 5.41) is 12.7. The van der Waals surface area contributed by atoms with E-state index in [1.807, 2.05) is 49.6 Å². The molecule has 1 aliphatic carbocycles. The lowest BCUT2D eigenvalue weighted by molar-refractivity contribution is 0.0824. The first-order valence-corrected chi connectivity index (χ1v) is 8.00. The number of aliphatic hydroxyl groups is 1. The molecule has 122 valence electrons. The molecule has 0 bridgehead atoms. The summed E-state index contributed by atoms with van der Waals surface area (Å²) < 4.78 is 1.97. The van der Waals surface area contributed by atoms with Gasteiger partial charge < -0.3 is 15.0 Å². The number of rotatable bonds is 5. The predicted molar refractivity (Wildman–Crippen MR) is 88.7 cm³/mol. The third-order valence-electron chi connectivity index (χ3n) is 4.76. The molecule has 0 aliphatic heterocycles. The van der Waals surface area contributed by atoms with Crippen molar-refractivity contribution in [1.82, 2.24) is 14.9 Å². The van der Waals surface area contributed by atoms with Crippen molar-refractivity contribution in [3.05, 3.63) is 47.4 Å². The quantitative estimate of drug-likeness (QED) is 0.890. The number of nitrogens with one attached hydrogen (secondary N) is 1. The van der Waals surface area contributed by atoms with Crippen LogP contribution in [0.25, 0.3) is 5.82 Å². The van der Waals surface area contributed by atoms with Crippen molar-refractivity contribution in [2.24, 2.45) is 5.92 Å². The Morgan fingerprint density at radius 3 is 2.74 bits per heavy atom. The van der Waals surface area contributed by atoms with Crippen molar-refractivity contribution in [2.45, 2.75) is 39.2 Å². The number of hydrogen-bond acceptors (Lipinski definition) is 3. The maximum Gasteiger partial charge on any atom is 0.253 e. The van der Waals surface area contributed by atoms with E-state index in [0.29, 0.717) is 11.5 Å². The molecular formula is C18H23N3O2. The minimum atomic E-state index is -0.537. The molecule has 2 N–H and O–H groups in total. The first-order valence-electron chi connectivity index (χ1n) is 8.00. The van der Waals surface area contributed by atoms with Gasteiger partial charge in [-0.05, 0) is 57.7 Å². The lowest BCUT2D eigenvalue weighted by Gasteiger charge is -2.28. The zero-order valence-corrected chi connectivity index (χ0v) is 13.8. The summed E-state index contributed by atoms with van der Waals surface area (Å²) in [5.74, 6) is 1.04. The summed E-state index contributed by atoms with van der Waals surface area (Å²) in [6.07, 6.45) is 3.86. The molecule has 2 aromatic rings. The van der Waals surface area contributed by atoms with Crippen molar-refractivity contribution in [2.75, 3.05) is 6.61 Å². The molecule has 1 fully saturated rings. The zero-order valence-electron chi connectivity index (χ0n) is 13.8. The molecule has 0 aromatic carbocycles. The van der Waals surface area contributed by atoms with E-state index in [1.165, 1.54) is 0 Å². The van der Waals surface area contributed by atoms with Crippen LogP contribution in [-0.2, 0) is 0 Å². The summed E-state index contributed by atoms with van der Waals surface area (Å²) in [5.41, 5.74) is 1.91. The average Bonchev–Trinajstić information content (AvgIpc) is 3.35. The maximum atomic E-state index is 12.7. The van der Waals surface area contributed by atoms with Gasteiger partial charge in [-0.2, -0.15) is 0 Å². The molecule has 1 unspecified atom stereocenters. The van der Waals surface area contributed by atoms with Crippen LogP contribution in [0.1, 0.15) is 41.5 Å². The van der Waals surface area contributed by atoms with Crippen LogP contribution in [0.2, 0.25) is 0 Å². The van der Waals surface area contributed by atoms with Gasteiger partial charge >= 0.3 is 0 Å². The summed E-state index contributed by atoms with van der Waals surface area (Å²) in [6.45, 7) is 5.76. The minimum Gasteiger partial charge on any atom is -0.394 e. The van der Waals surface area contributed by atoms with Crippen LogP contribution in [0.4, 0.5) is 0 Å². The number of amides is 1. The van der Waals surface area contributed by atoms with E-state index in [9.17, 15) is 9.90 Å². The molecule has 5 heteroatoms. The summed E-state index contributed by atoms with van der Waals surface area (Å²) in [6, 6.07) is 7.60. The van der Waals surface area contributed by atoms with Crippen molar-refractivity contribution >= 4 is 5.91 Å². The second-order valence-corrected chi connectivity index (χ2v) is 6.61. The minimum absolute atomic E-state index is 0.0393. The molecule has 2 heterocycles. The summed E-state index contributed by atoms with van der Waals surface area (Å²) in [7, 11) is 0. The highest BCUT2D eigenvalue weighted by Crippen LogP contribution is 2.39. The Bertz CT molecular complexity index is 719. The number of carbonyl (C=O) groups is 1. The van der Waals surface area contributed by atoms with Crippen LogP contribution >= 0.6 is 0 Å². The Balaban J connectivity index is 1.90. The van der Waals surface area contributed by atoms with Crippen LogP contribution in [-0.4, -0.2) is 32.7 Å². The molecule has 0 saturated heterocycles. The molecule has 2 aromatic heterocycles. The Morgan fingerprint density at radius 1 is 1.43 bits per heavy atom. The van der Waals surface area contributed by atoms with Gasteiger partial charge in [-0.25, -0.2) is 4.98 Å². The van der Waals surface area contributed by atoms with Gasteiger partial charge in [0.05, 0.1) is 17.7 Å². The molecular weight excluding hydrogens is 290 g/mol. The second kappa shape index (κ2) is 5.81. The average molecular weight is 313 g/mol. The number of aliphatic hydroxyl groups excluding tert-OH is 1. The number of aromatic nitrogens is 2. The summed E-state index contributed by atoms with van der Waals surface area (Å²) in [4.78, 5) is 17.1. The first-order chi connectivity index (χ1) is 11.0. The SMILES string of the molecule is Cc1cc(C(=O)NC(C)(CO)C2CC2)c(C)n1-c1ccccn1. The van der Waals surface area contributed by atoms with Gasteiger partial charge in [0.2, 0.25) is 0 Å². The number of carbonyl (C=O) groups excluding carboxylic acids is 1. The largest absolute Gasteiger partial charge is 0.394 e. The highest BCUT2D eigenvalue weighted by molar-refractivity contribution is 5.96. The standard InChI is InChI=1S/C18H23N3O2/c1-12-10-15(13(2)21(12)16-6-4-5-9-19-16)17(23)20-18(3,11-22)14-7-8-14/h4-6,9-10,14,22H,7-8,11H2,1-3H3,(H,20,23). The number of hydrogen-bond donors (Lipinski definition) is 2. The molecule has 1 aliphatic rings. The Kier molecular flexibility index (Phi) is 3.98. The molecule has 5 nitrogen and oxygen atoms in total. The Morgan fingerprint density at radius 2 is 2.17 bits per heavy atom. The second-order valence-electron chi connectivity index (χ2n) is 6.61. The molecule has 1 atom stereocenters. The van der Waals surface area contributed by atoms with Crippen molar-refractivity contribution in [3.8, 4) is 5.82 Å². The van der Waals surface area contributed by atoms with E-state index in [4.69, 9.17) is 0 Å². The van der Waals surface area contributed by atoms with Gasteiger partial charge in [-0.1, -0.05) is 6.07 Å². The molecule has 0 radical (unpaired) electrons. The van der Waals surface area contributed by atoms with Gasteiger partial charge in [-0.3, -0.25) is 4.79 Å². The molecule has 3 rings (SSSR count). The van der Waals surface area contributed by atoms with Crippen LogP contribution in [0.15, 0.2) is 30.5 Å². The first kappa shape index (κ1) is 15.7. The van der Waals surface area contributed by atoms with E-state index in [0.717, 1.165) is 30.0 Å². The Hall–Kier alpha value is -2.14. The fraction of sp³-hybridized carbons (Fsp3) is 0.444. The number of nitrogens with zero attached hydrogens (tertiary/aromatic N) is 2. The smallest absolute Gasteiger partial charge is 0.253 e. The van der Waals surface area contributed by atoms with E-state index in [-0.39, 0.29) is 12.5 Å². The van der Waals surface area contributed by atoms with Crippen LogP contribution in [0.5, 0.6) is 0 Å². The van der Waals surface area contributed by atoms with Crippen LogP contribution in [0.3, 0.4) is 0 Å². The fourth-order valence-corrected chi connectivity index (χ4v) is 3.15. The maximum absolute atomic E-state index is 12.7. The van der Waals surface area contributed by atoms with Crippen molar-refractivity contribution in [3.63, 3.8) is 0 Å². The van der Waals surface area contributed by atoms with E-state index in [2.05, 4.69) is 10.3 Å². The van der Waals surface area contributed by atoms with Crippen molar-refractivity contribution < 1.29 is 9.90 Å². The lowest BCUT2D eigenvalue weighted by atomic mass is 9.96. The molecule has 23 heavy (non-hydrogen) atoms. The third kappa shape index (κ3) is 2.88. The van der Waals surface area contributed by atoms with Gasteiger partial charge in [0.1, 0.15) is 5.82 Å². The number of pyridine rings is 1. The van der Waals surface area contributed by atoms with E-state index in [1.54, 1.807) is 6.20 Å². The number of aryl methyl sites for hydroxylation is 1. The molecule has 1 amide bonds. The molecule has 1 saturated carbocycles. The predicted octanol–water partition coefficient (Wildman–Crippen LogP) is 2.38. The van der Waals surface area contributed by atoms with Crippen LogP contribution < -0.4 is 5.32 Å². The molecule has 0 spiro atoms. The third-order valence-corrected chi connectivity index (χ3v) is 4.76. The van der Waals surface area contributed by atoms with Gasteiger partial charge in [-0.15, -0.1) is 0 Å². The normalized spacial score (nSPS) is 16.9. The monoisotopic (exact) mass is 313 g/mol. The topological polar surface area (TPSA) is 67.2 Å². The fourth-order valence-electron chi connectivity index (χ4n) is 3.15. The van der Waals surface area contributed by atoms with Crippen molar-refractivity contribution in [1.29, 1.82) is 0 Å². The lowest BCUT2D eigenvalue weighted by Crippen LogP contribution is -2.50. The van der Waals surface area contributed by atoms with E-state index < -0.39 is 5.54 Å². The van der Waals surface area contributed by atoms with Gasteiger partial charge in [0.25, 0.3) is 5.91 Å².